The number of fused-ring (bicyclic) bond motifs is 1. The predicted octanol–water partition coefficient (Wildman–Crippen LogP) is 4.51. The Morgan fingerprint density at radius 3 is 2.47 bits per heavy atom. The highest BCUT2D eigenvalue weighted by Gasteiger charge is 2.34. The Hall–Kier alpha value is -1.69. The van der Waals surface area contributed by atoms with Gasteiger partial charge in [0.05, 0.1) is 13.2 Å². The minimum absolute atomic E-state index is 0.0572. The maximum Gasteiger partial charge on any atom is 0.251 e. The fourth-order valence-corrected chi connectivity index (χ4v) is 6.42. The molecule has 0 spiro atoms. The number of nitrogens with one attached hydrogen (secondary N) is 1. The number of nitrogens with zero attached hydrogens (tertiary/aromatic N) is 2. The van der Waals surface area contributed by atoms with E-state index in [1.54, 1.807) is 0 Å². The van der Waals surface area contributed by atoms with Gasteiger partial charge in [0, 0.05) is 49.3 Å². The molecule has 5 heteroatoms. The summed E-state index contributed by atoms with van der Waals surface area (Å²) in [5.41, 5.74) is 3.35. The molecule has 0 radical (unpaired) electrons. The Kier molecular flexibility index (Phi) is 6.96. The Morgan fingerprint density at radius 1 is 1.00 bits per heavy atom. The maximum atomic E-state index is 12.3. The second-order valence-corrected chi connectivity index (χ2v) is 10.1. The number of hydrogen-bond donors (Lipinski definition) is 1. The second kappa shape index (κ2) is 10.1. The van der Waals surface area contributed by atoms with Gasteiger partial charge in [0.1, 0.15) is 0 Å². The van der Waals surface area contributed by atoms with E-state index >= 15 is 0 Å². The predicted molar refractivity (Wildman–Crippen MR) is 130 cm³/mol. The van der Waals surface area contributed by atoms with E-state index in [4.69, 9.17) is 4.74 Å². The number of ether oxygens (including phenoxy) is 1. The molecule has 5 nitrogen and oxygen atoms in total. The Morgan fingerprint density at radius 2 is 1.75 bits per heavy atom. The summed E-state index contributed by atoms with van der Waals surface area (Å²) in [6.07, 6.45) is 10.1. The molecule has 1 atom stereocenters. The van der Waals surface area contributed by atoms with Gasteiger partial charge in [0.15, 0.2) is 0 Å². The van der Waals surface area contributed by atoms with Gasteiger partial charge < -0.3 is 9.72 Å². The monoisotopic (exact) mass is 437 g/mol. The van der Waals surface area contributed by atoms with Crippen molar-refractivity contribution in [3.63, 3.8) is 0 Å². The molecule has 5 rings (SSSR count). The van der Waals surface area contributed by atoms with Crippen molar-refractivity contribution in [2.45, 2.75) is 70.4 Å². The lowest BCUT2D eigenvalue weighted by Crippen LogP contribution is -2.50. The van der Waals surface area contributed by atoms with Crippen LogP contribution in [0.3, 0.4) is 0 Å². The molecule has 174 valence electrons. The fourth-order valence-electron chi connectivity index (χ4n) is 6.42. The first-order valence-electron chi connectivity index (χ1n) is 12.9. The number of morpholine rings is 1. The van der Waals surface area contributed by atoms with Crippen LogP contribution in [0.1, 0.15) is 69.0 Å². The van der Waals surface area contributed by atoms with Gasteiger partial charge in [-0.3, -0.25) is 14.6 Å². The second-order valence-electron chi connectivity index (χ2n) is 10.1. The normalized spacial score (nSPS) is 23.5. The van der Waals surface area contributed by atoms with Gasteiger partial charge in [-0.1, -0.05) is 32.3 Å². The molecule has 1 aromatic carbocycles. The smallest absolute Gasteiger partial charge is 0.251 e. The van der Waals surface area contributed by atoms with Gasteiger partial charge in [-0.05, 0) is 67.2 Å². The van der Waals surface area contributed by atoms with Crippen molar-refractivity contribution in [2.75, 3.05) is 39.4 Å². The number of pyridine rings is 1. The lowest BCUT2D eigenvalue weighted by Gasteiger charge is -2.45. The highest BCUT2D eigenvalue weighted by molar-refractivity contribution is 5.79. The zero-order valence-electron chi connectivity index (χ0n) is 19.7. The molecule has 2 saturated heterocycles. The molecule has 3 heterocycles. The van der Waals surface area contributed by atoms with Crippen LogP contribution >= 0.6 is 0 Å². The number of benzene rings is 1. The maximum absolute atomic E-state index is 12.3. The average Bonchev–Trinajstić information content (AvgIpc) is 2.85. The Labute approximate surface area is 192 Å². The van der Waals surface area contributed by atoms with Crippen LogP contribution < -0.4 is 5.56 Å². The van der Waals surface area contributed by atoms with Crippen molar-refractivity contribution < 1.29 is 4.74 Å². The minimum atomic E-state index is 0.0572. The number of piperidine rings is 1. The lowest BCUT2D eigenvalue weighted by atomic mass is 9.79. The molecule has 1 aromatic heterocycles. The largest absolute Gasteiger partial charge is 0.379 e. The molecule has 2 aromatic rings. The van der Waals surface area contributed by atoms with E-state index in [-0.39, 0.29) is 5.56 Å². The quantitative estimate of drug-likeness (QED) is 0.748. The van der Waals surface area contributed by atoms with E-state index in [0.717, 1.165) is 55.8 Å². The molecule has 32 heavy (non-hydrogen) atoms. The fraction of sp³-hybridized carbons (Fsp3) is 0.667. The summed E-state index contributed by atoms with van der Waals surface area (Å²) < 4.78 is 5.57. The molecule has 1 unspecified atom stereocenters. The highest BCUT2D eigenvalue weighted by Crippen LogP contribution is 2.40. The van der Waals surface area contributed by atoms with Crippen molar-refractivity contribution >= 4 is 10.9 Å². The molecule has 1 N–H and O–H groups in total. The van der Waals surface area contributed by atoms with Crippen LogP contribution in [0.4, 0.5) is 0 Å². The van der Waals surface area contributed by atoms with Crippen molar-refractivity contribution in [1.29, 1.82) is 0 Å². The third kappa shape index (κ3) is 4.66. The molecule has 1 aliphatic carbocycles. The van der Waals surface area contributed by atoms with Crippen molar-refractivity contribution in [3.05, 3.63) is 45.7 Å². The molecular weight excluding hydrogens is 398 g/mol. The van der Waals surface area contributed by atoms with Crippen LogP contribution in [0, 0.1) is 5.92 Å². The van der Waals surface area contributed by atoms with Crippen LogP contribution in [0.2, 0.25) is 0 Å². The van der Waals surface area contributed by atoms with E-state index in [1.807, 2.05) is 0 Å². The average molecular weight is 438 g/mol. The molecule has 0 amide bonds. The Balaban J connectivity index is 1.40. The van der Waals surface area contributed by atoms with Crippen LogP contribution in [0.5, 0.6) is 0 Å². The summed E-state index contributed by atoms with van der Waals surface area (Å²) in [5, 5.41) is 1.18. The van der Waals surface area contributed by atoms with E-state index in [1.165, 1.54) is 69.0 Å². The number of aromatic amines is 1. The third-order valence-corrected chi connectivity index (χ3v) is 8.22. The van der Waals surface area contributed by atoms with E-state index in [0.29, 0.717) is 6.04 Å². The van der Waals surface area contributed by atoms with Gasteiger partial charge in [0.2, 0.25) is 0 Å². The zero-order chi connectivity index (χ0) is 21.9. The topological polar surface area (TPSA) is 48.6 Å². The van der Waals surface area contributed by atoms with Crippen LogP contribution in [-0.4, -0.2) is 60.2 Å². The summed E-state index contributed by atoms with van der Waals surface area (Å²) in [6, 6.07) is 10.1. The molecular formula is C27H39N3O2. The Bertz CT molecular complexity index is 951. The third-order valence-electron chi connectivity index (χ3n) is 8.22. The van der Waals surface area contributed by atoms with Crippen molar-refractivity contribution in [2.24, 2.45) is 5.92 Å². The summed E-state index contributed by atoms with van der Waals surface area (Å²) in [7, 11) is 0. The van der Waals surface area contributed by atoms with Gasteiger partial charge in [-0.15, -0.1) is 0 Å². The highest BCUT2D eigenvalue weighted by atomic mass is 16.5. The van der Waals surface area contributed by atoms with Crippen LogP contribution in [0.25, 0.3) is 10.9 Å². The van der Waals surface area contributed by atoms with Gasteiger partial charge in [-0.2, -0.15) is 0 Å². The minimum Gasteiger partial charge on any atom is -0.379 e. The number of aromatic nitrogens is 1. The standard InChI is InChI=1S/C27H39N3O2/c1-2-20-18-23-19-22(8-9-25(23)28-27(20)31)26(21-6-4-3-5-7-21)30-12-10-24(11-13-30)29-14-16-32-17-15-29/h8-9,18-19,21,24,26H,2-7,10-17H2,1H3,(H,28,31). The van der Waals surface area contributed by atoms with Gasteiger partial charge >= 0.3 is 0 Å². The molecule has 0 bridgehead atoms. The van der Waals surface area contributed by atoms with E-state index in [2.05, 4.69) is 46.0 Å². The SMILES string of the molecule is CCc1cc2cc(C(C3CCCCC3)N3CCC(N4CCOCC4)CC3)ccc2[nH]c1=O. The number of aryl methyl sites for hydroxylation is 1. The van der Waals surface area contributed by atoms with Gasteiger partial charge in [-0.25, -0.2) is 0 Å². The zero-order valence-corrected chi connectivity index (χ0v) is 19.7. The number of rotatable bonds is 5. The molecule has 3 fully saturated rings. The van der Waals surface area contributed by atoms with E-state index < -0.39 is 0 Å². The first kappa shape index (κ1) is 22.1. The van der Waals surface area contributed by atoms with Crippen molar-refractivity contribution in [1.82, 2.24) is 14.8 Å². The summed E-state index contributed by atoms with van der Waals surface area (Å²) in [4.78, 5) is 20.8. The number of H-pyrrole nitrogens is 1. The summed E-state index contributed by atoms with van der Waals surface area (Å²) in [6.45, 7) is 8.41. The summed E-state index contributed by atoms with van der Waals surface area (Å²) >= 11 is 0. The lowest BCUT2D eigenvalue weighted by molar-refractivity contribution is -0.00857. The molecule has 2 aliphatic heterocycles. The summed E-state index contributed by atoms with van der Waals surface area (Å²) in [5.74, 6) is 0.745. The van der Waals surface area contributed by atoms with Crippen molar-refractivity contribution in [3.8, 4) is 0 Å². The van der Waals surface area contributed by atoms with Crippen LogP contribution in [0.15, 0.2) is 29.1 Å². The number of hydrogen-bond acceptors (Lipinski definition) is 4. The van der Waals surface area contributed by atoms with Gasteiger partial charge in [0.25, 0.3) is 5.56 Å². The first-order chi connectivity index (χ1) is 15.7. The first-order valence-corrected chi connectivity index (χ1v) is 12.9. The molecule has 1 saturated carbocycles. The van der Waals surface area contributed by atoms with Crippen LogP contribution in [-0.2, 0) is 11.2 Å². The van der Waals surface area contributed by atoms with E-state index in [9.17, 15) is 4.79 Å². The molecule has 3 aliphatic rings. The number of likely N-dealkylation sites (tertiary alicyclic amines) is 1.